The Morgan fingerprint density at radius 1 is 0.969 bits per heavy atom. The molecule has 0 unspecified atom stereocenters. The summed E-state index contributed by atoms with van der Waals surface area (Å²) in [6.07, 6.45) is 4.80. The van der Waals surface area contributed by atoms with Gasteiger partial charge in [0.2, 0.25) is 5.91 Å². The highest BCUT2D eigenvalue weighted by Gasteiger charge is 2.34. The molecule has 160 valence electrons. The number of para-hydroxylation sites is 2. The molecule has 0 bridgehead atoms. The molecule has 5 rings (SSSR count). The zero-order valence-corrected chi connectivity index (χ0v) is 18.5. The van der Waals surface area contributed by atoms with Gasteiger partial charge in [0.25, 0.3) is 0 Å². The van der Waals surface area contributed by atoms with E-state index in [4.69, 9.17) is 4.98 Å². The van der Waals surface area contributed by atoms with Gasteiger partial charge in [0.15, 0.2) is 0 Å². The maximum absolute atomic E-state index is 13.0. The number of hydrogen-bond acceptors (Lipinski definition) is 2. The molecular weight excluding hydrogens is 394 g/mol. The van der Waals surface area contributed by atoms with Gasteiger partial charge >= 0.3 is 0 Å². The fourth-order valence-corrected chi connectivity index (χ4v) is 4.69. The lowest BCUT2D eigenvalue weighted by atomic mass is 10.1. The van der Waals surface area contributed by atoms with Crippen molar-refractivity contribution in [3.8, 4) is 0 Å². The van der Waals surface area contributed by atoms with Crippen LogP contribution in [0.2, 0.25) is 0 Å². The number of carbonyl (C=O) groups is 1. The summed E-state index contributed by atoms with van der Waals surface area (Å²) >= 11 is 0. The van der Waals surface area contributed by atoms with E-state index in [2.05, 4.69) is 73.0 Å². The van der Waals surface area contributed by atoms with E-state index in [-0.39, 0.29) is 11.8 Å². The summed E-state index contributed by atoms with van der Waals surface area (Å²) in [5, 5.41) is 0. The van der Waals surface area contributed by atoms with Gasteiger partial charge in [-0.25, -0.2) is 4.98 Å². The van der Waals surface area contributed by atoms with Crippen LogP contribution in [0.3, 0.4) is 0 Å². The fourth-order valence-electron chi connectivity index (χ4n) is 4.69. The van der Waals surface area contributed by atoms with Crippen molar-refractivity contribution in [2.45, 2.75) is 32.7 Å². The van der Waals surface area contributed by atoms with Crippen LogP contribution in [0.25, 0.3) is 17.1 Å². The molecule has 1 aromatic heterocycles. The van der Waals surface area contributed by atoms with Crippen LogP contribution in [0, 0.1) is 13.8 Å². The lowest BCUT2D eigenvalue weighted by Gasteiger charge is -2.18. The maximum atomic E-state index is 13.0. The van der Waals surface area contributed by atoms with E-state index < -0.39 is 0 Å². The minimum atomic E-state index is 0.0702. The van der Waals surface area contributed by atoms with Crippen molar-refractivity contribution < 1.29 is 4.79 Å². The summed E-state index contributed by atoms with van der Waals surface area (Å²) < 4.78 is 2.26. The Kier molecular flexibility index (Phi) is 5.36. The van der Waals surface area contributed by atoms with Crippen molar-refractivity contribution in [1.82, 2.24) is 9.55 Å². The van der Waals surface area contributed by atoms with E-state index in [1.54, 1.807) is 0 Å². The van der Waals surface area contributed by atoms with Crippen LogP contribution < -0.4 is 4.90 Å². The van der Waals surface area contributed by atoms with Gasteiger partial charge in [-0.1, -0.05) is 60.7 Å². The number of nitrogens with zero attached hydrogens (tertiary/aromatic N) is 3. The number of aryl methyl sites for hydroxylation is 2. The van der Waals surface area contributed by atoms with Crippen LogP contribution in [0.15, 0.2) is 78.9 Å². The van der Waals surface area contributed by atoms with Crippen molar-refractivity contribution in [2.24, 2.45) is 0 Å². The van der Waals surface area contributed by atoms with Crippen LogP contribution in [-0.2, 0) is 11.3 Å². The van der Waals surface area contributed by atoms with Crippen LogP contribution >= 0.6 is 0 Å². The highest BCUT2D eigenvalue weighted by atomic mass is 16.2. The molecule has 4 nitrogen and oxygen atoms in total. The third-order valence-corrected chi connectivity index (χ3v) is 6.09. The Morgan fingerprint density at radius 2 is 1.69 bits per heavy atom. The molecule has 0 spiro atoms. The molecule has 4 heteroatoms. The standard InChI is InChI=1S/C28H27N3O/c1-20-15-21(2)17-24(16-20)31-19-23(18-27(31)32)28-29-25-12-6-7-13-26(25)30(28)14-8-11-22-9-4-3-5-10-22/h3-13,15-17,23H,14,18-19H2,1-2H3/b11-8+/t23-/m0/s1. The Hall–Kier alpha value is -3.66. The molecule has 1 saturated heterocycles. The van der Waals surface area contributed by atoms with Crippen molar-refractivity contribution in [1.29, 1.82) is 0 Å². The van der Waals surface area contributed by atoms with Crippen LogP contribution in [0.5, 0.6) is 0 Å². The van der Waals surface area contributed by atoms with Gasteiger partial charge in [-0.05, 0) is 54.8 Å². The second kappa shape index (κ2) is 8.46. The minimum absolute atomic E-state index is 0.0702. The Labute approximate surface area is 188 Å². The number of hydrogen-bond donors (Lipinski definition) is 0. The van der Waals surface area contributed by atoms with Crippen LogP contribution in [0.1, 0.15) is 34.9 Å². The largest absolute Gasteiger partial charge is 0.324 e. The third-order valence-electron chi connectivity index (χ3n) is 6.09. The van der Waals surface area contributed by atoms with Crippen molar-refractivity contribution in [3.63, 3.8) is 0 Å². The van der Waals surface area contributed by atoms with Gasteiger partial charge in [-0.15, -0.1) is 0 Å². The minimum Gasteiger partial charge on any atom is -0.324 e. The van der Waals surface area contributed by atoms with E-state index in [0.717, 1.165) is 29.1 Å². The quantitative estimate of drug-likeness (QED) is 0.403. The highest BCUT2D eigenvalue weighted by Crippen LogP contribution is 2.34. The van der Waals surface area contributed by atoms with E-state index in [1.807, 2.05) is 35.2 Å². The number of carbonyl (C=O) groups excluding carboxylic acids is 1. The van der Waals surface area contributed by atoms with Crippen molar-refractivity contribution >= 4 is 28.7 Å². The number of fused-ring (bicyclic) bond motifs is 1. The highest BCUT2D eigenvalue weighted by molar-refractivity contribution is 5.96. The Balaban J connectivity index is 1.47. The molecule has 0 radical (unpaired) electrons. The predicted octanol–water partition coefficient (Wildman–Crippen LogP) is 5.89. The predicted molar refractivity (Wildman–Crippen MR) is 131 cm³/mol. The summed E-state index contributed by atoms with van der Waals surface area (Å²) in [4.78, 5) is 19.9. The molecule has 0 aliphatic carbocycles. The topological polar surface area (TPSA) is 38.1 Å². The Morgan fingerprint density at radius 3 is 2.47 bits per heavy atom. The summed E-state index contributed by atoms with van der Waals surface area (Å²) in [5.74, 6) is 1.23. The van der Waals surface area contributed by atoms with E-state index in [9.17, 15) is 4.79 Å². The van der Waals surface area contributed by atoms with Gasteiger partial charge in [-0.2, -0.15) is 0 Å². The molecule has 32 heavy (non-hydrogen) atoms. The van der Waals surface area contributed by atoms with Gasteiger partial charge in [0, 0.05) is 31.1 Å². The molecule has 1 aliphatic heterocycles. The van der Waals surface area contributed by atoms with Crippen molar-refractivity contribution in [3.05, 3.63) is 101 Å². The number of anilines is 1. The first kappa shape index (κ1) is 20.3. The van der Waals surface area contributed by atoms with Crippen molar-refractivity contribution in [2.75, 3.05) is 11.4 Å². The molecule has 1 fully saturated rings. The molecule has 0 saturated carbocycles. The smallest absolute Gasteiger partial charge is 0.227 e. The third kappa shape index (κ3) is 3.96. The molecule has 1 atom stereocenters. The van der Waals surface area contributed by atoms with Gasteiger partial charge in [0.1, 0.15) is 5.82 Å². The number of amides is 1. The SMILES string of the molecule is Cc1cc(C)cc(N2C[C@@H](c3nc4ccccc4n3C/C=C/c3ccccc3)CC2=O)c1. The lowest BCUT2D eigenvalue weighted by molar-refractivity contribution is -0.117. The first-order chi connectivity index (χ1) is 15.6. The number of allylic oxidation sites excluding steroid dienone is 1. The first-order valence-electron chi connectivity index (χ1n) is 11.1. The lowest BCUT2D eigenvalue weighted by Crippen LogP contribution is -2.24. The van der Waals surface area contributed by atoms with E-state index in [1.165, 1.54) is 16.7 Å². The monoisotopic (exact) mass is 421 g/mol. The van der Waals surface area contributed by atoms with E-state index in [0.29, 0.717) is 13.0 Å². The molecule has 3 aromatic carbocycles. The second-order valence-corrected chi connectivity index (χ2v) is 8.63. The molecule has 2 heterocycles. The zero-order valence-electron chi connectivity index (χ0n) is 18.5. The van der Waals surface area contributed by atoms with Crippen LogP contribution in [-0.4, -0.2) is 22.0 Å². The Bertz CT molecular complexity index is 1280. The number of imidazole rings is 1. The van der Waals surface area contributed by atoms with Gasteiger partial charge < -0.3 is 9.47 Å². The summed E-state index contributed by atoms with van der Waals surface area (Å²) in [7, 11) is 0. The van der Waals surface area contributed by atoms with Crippen LogP contribution in [0.4, 0.5) is 5.69 Å². The average Bonchev–Trinajstić information content (AvgIpc) is 3.34. The maximum Gasteiger partial charge on any atom is 0.227 e. The number of aromatic nitrogens is 2. The first-order valence-corrected chi connectivity index (χ1v) is 11.1. The molecule has 4 aromatic rings. The molecule has 0 N–H and O–H groups in total. The average molecular weight is 422 g/mol. The summed E-state index contributed by atoms with van der Waals surface area (Å²) in [5.41, 5.74) is 6.60. The second-order valence-electron chi connectivity index (χ2n) is 8.63. The summed E-state index contributed by atoms with van der Waals surface area (Å²) in [6, 6.07) is 24.9. The van der Waals surface area contributed by atoms with Gasteiger partial charge in [0.05, 0.1) is 11.0 Å². The summed E-state index contributed by atoms with van der Waals surface area (Å²) in [6.45, 7) is 5.53. The number of rotatable bonds is 5. The van der Waals surface area contributed by atoms with E-state index >= 15 is 0 Å². The molecule has 1 amide bonds. The number of benzene rings is 3. The fraction of sp³-hybridized carbons (Fsp3) is 0.214. The van der Waals surface area contributed by atoms with Gasteiger partial charge in [-0.3, -0.25) is 4.79 Å². The normalized spacial score (nSPS) is 16.5. The zero-order chi connectivity index (χ0) is 22.1. The molecule has 1 aliphatic rings. The molecular formula is C28H27N3O.